The van der Waals surface area contributed by atoms with Crippen LogP contribution in [0.2, 0.25) is 0 Å². The molecule has 0 aliphatic carbocycles. The molecule has 2 rings (SSSR count). The number of ether oxygens (including phenoxy) is 3. The number of carbonyl (C=O) groups excluding carboxylic acids is 4. The molecule has 0 saturated carbocycles. The number of amides is 2. The summed E-state index contributed by atoms with van der Waals surface area (Å²) in [6.07, 6.45) is -0.668. The second kappa shape index (κ2) is 14.4. The van der Waals surface area contributed by atoms with Gasteiger partial charge in [-0.05, 0) is 39.3 Å². The zero-order chi connectivity index (χ0) is 26.4. The molecule has 9 heteroatoms. The summed E-state index contributed by atoms with van der Waals surface area (Å²) in [5.41, 5.74) is 1.55. The lowest BCUT2D eigenvalue weighted by atomic mass is 10.1. The van der Waals surface area contributed by atoms with Gasteiger partial charge in [-0.25, -0.2) is 4.79 Å². The molecule has 9 nitrogen and oxygen atoms in total. The quantitative estimate of drug-likeness (QED) is 0.441. The Morgan fingerprint density at radius 1 is 0.829 bits per heavy atom. The van der Waals surface area contributed by atoms with Crippen molar-refractivity contribution in [3.63, 3.8) is 0 Å². The lowest BCUT2D eigenvalue weighted by molar-refractivity contribution is -0.143. The number of anilines is 1. The maximum Gasteiger partial charge on any atom is 0.408 e. The van der Waals surface area contributed by atoms with E-state index < -0.39 is 29.6 Å². The largest absolute Gasteiger partial charge is 0.461 e. The van der Waals surface area contributed by atoms with Crippen LogP contribution in [0.4, 0.5) is 10.5 Å². The molecule has 0 aromatic heterocycles. The Labute approximate surface area is 206 Å². The van der Waals surface area contributed by atoms with Crippen LogP contribution < -0.4 is 10.6 Å². The molecule has 2 amide bonds. The molecule has 0 spiro atoms. The molecule has 0 radical (unpaired) electrons. The van der Waals surface area contributed by atoms with Gasteiger partial charge >= 0.3 is 18.0 Å². The van der Waals surface area contributed by atoms with E-state index in [-0.39, 0.29) is 12.6 Å². The highest BCUT2D eigenvalue weighted by Crippen LogP contribution is 2.16. The number of hydrogen-bond donors (Lipinski definition) is 2. The second-order valence-electron chi connectivity index (χ2n) is 8.56. The molecule has 1 atom stereocenters. The normalized spacial score (nSPS) is 11.1. The number of nitrogens with one attached hydrogen (secondary N) is 2. The molecule has 0 unspecified atom stereocenters. The van der Waals surface area contributed by atoms with E-state index in [4.69, 9.17) is 14.2 Å². The first kappa shape index (κ1) is 29.2. The van der Waals surface area contributed by atoms with Gasteiger partial charge in [0.25, 0.3) is 0 Å². The van der Waals surface area contributed by atoms with Crippen molar-refractivity contribution in [3.8, 4) is 0 Å². The van der Waals surface area contributed by atoms with Crippen LogP contribution in [0.3, 0.4) is 0 Å². The third kappa shape index (κ3) is 13.4. The fourth-order valence-corrected chi connectivity index (χ4v) is 2.50. The molecule has 190 valence electrons. The highest BCUT2D eigenvalue weighted by molar-refractivity contribution is 5.96. The van der Waals surface area contributed by atoms with Crippen LogP contribution >= 0.6 is 0 Å². The zero-order valence-corrected chi connectivity index (χ0v) is 21.0. The smallest absolute Gasteiger partial charge is 0.408 e. The van der Waals surface area contributed by atoms with Gasteiger partial charge in [-0.1, -0.05) is 48.5 Å². The van der Waals surface area contributed by atoms with Gasteiger partial charge in [0.1, 0.15) is 24.9 Å². The SMILES string of the molecule is CC(=O)OCc1ccccc1.CC(=O)OCc1ccccc1NC(=O)[C@H](C)NC(=O)OC(C)(C)C. The summed E-state index contributed by atoms with van der Waals surface area (Å²) in [5, 5.41) is 5.17. The van der Waals surface area contributed by atoms with E-state index in [1.807, 2.05) is 30.3 Å². The van der Waals surface area contributed by atoms with E-state index in [1.165, 1.54) is 13.8 Å². The first-order valence-corrected chi connectivity index (χ1v) is 11.1. The van der Waals surface area contributed by atoms with Crippen molar-refractivity contribution in [3.05, 3.63) is 65.7 Å². The molecule has 35 heavy (non-hydrogen) atoms. The van der Waals surface area contributed by atoms with Crippen LogP contribution in [-0.2, 0) is 41.8 Å². The fraction of sp³-hybridized carbons (Fsp3) is 0.385. The zero-order valence-electron chi connectivity index (χ0n) is 21.0. The van der Waals surface area contributed by atoms with E-state index >= 15 is 0 Å². The van der Waals surface area contributed by atoms with Crippen molar-refractivity contribution in [2.75, 3.05) is 5.32 Å². The Morgan fingerprint density at radius 2 is 1.37 bits per heavy atom. The number of benzene rings is 2. The first-order valence-electron chi connectivity index (χ1n) is 11.1. The number of rotatable bonds is 7. The number of esters is 2. The van der Waals surface area contributed by atoms with Crippen molar-refractivity contribution < 1.29 is 33.4 Å². The van der Waals surface area contributed by atoms with Crippen molar-refractivity contribution in [2.24, 2.45) is 0 Å². The van der Waals surface area contributed by atoms with Crippen LogP contribution in [0.25, 0.3) is 0 Å². The third-order valence-electron chi connectivity index (χ3n) is 4.12. The molecule has 0 aliphatic rings. The minimum Gasteiger partial charge on any atom is -0.461 e. The van der Waals surface area contributed by atoms with Gasteiger partial charge in [0.2, 0.25) is 5.91 Å². The molecule has 2 aromatic carbocycles. The van der Waals surface area contributed by atoms with Gasteiger partial charge in [0.15, 0.2) is 0 Å². The van der Waals surface area contributed by atoms with Gasteiger partial charge in [-0.15, -0.1) is 0 Å². The number of carbonyl (C=O) groups is 4. The Morgan fingerprint density at radius 3 is 1.94 bits per heavy atom. The van der Waals surface area contributed by atoms with Crippen LogP contribution in [0.1, 0.15) is 52.7 Å². The summed E-state index contributed by atoms with van der Waals surface area (Å²) in [5.74, 6) is -1.05. The van der Waals surface area contributed by atoms with E-state index in [9.17, 15) is 19.2 Å². The van der Waals surface area contributed by atoms with Gasteiger partial charge in [0.05, 0.1) is 0 Å². The van der Waals surface area contributed by atoms with E-state index in [0.29, 0.717) is 17.9 Å². The maximum absolute atomic E-state index is 12.2. The van der Waals surface area contributed by atoms with E-state index in [1.54, 1.807) is 52.0 Å². The molecular formula is C26H34N2O7. The monoisotopic (exact) mass is 486 g/mol. The Balaban J connectivity index is 0.000000462. The maximum atomic E-state index is 12.2. The van der Waals surface area contributed by atoms with Crippen LogP contribution in [-0.4, -0.2) is 35.6 Å². The third-order valence-corrected chi connectivity index (χ3v) is 4.12. The Hall–Kier alpha value is -3.88. The fourth-order valence-electron chi connectivity index (χ4n) is 2.50. The molecule has 2 N–H and O–H groups in total. The average Bonchev–Trinajstić information content (AvgIpc) is 2.76. The first-order chi connectivity index (χ1) is 16.4. The standard InChI is InChI=1S/C17H24N2O5.C9H10O2/c1-11(18-16(22)24-17(3,4)5)15(21)19-14-9-7-6-8-13(14)10-23-12(2)20;1-8(10)11-7-9-5-3-2-4-6-9/h6-9,11H,10H2,1-5H3,(H,18,22)(H,19,21);2-6H,7H2,1H3/t11-;/m0./s1. The van der Waals surface area contributed by atoms with Crippen molar-refractivity contribution >= 4 is 29.6 Å². The second-order valence-corrected chi connectivity index (χ2v) is 8.56. The van der Waals surface area contributed by atoms with E-state index in [2.05, 4.69) is 10.6 Å². The van der Waals surface area contributed by atoms with Crippen molar-refractivity contribution in [1.82, 2.24) is 5.32 Å². The van der Waals surface area contributed by atoms with Gasteiger partial charge < -0.3 is 24.8 Å². The van der Waals surface area contributed by atoms with Crippen LogP contribution in [0.5, 0.6) is 0 Å². The Kier molecular flexibility index (Phi) is 12.0. The summed E-state index contributed by atoms with van der Waals surface area (Å²) in [6.45, 7) is 9.91. The number of hydrogen-bond acceptors (Lipinski definition) is 7. The van der Waals surface area contributed by atoms with Crippen LogP contribution in [0, 0.1) is 0 Å². The molecule has 0 bridgehead atoms. The van der Waals surface area contributed by atoms with Crippen LogP contribution in [0.15, 0.2) is 54.6 Å². The van der Waals surface area contributed by atoms with Gasteiger partial charge in [-0.3, -0.25) is 14.4 Å². The molecule has 0 saturated heterocycles. The molecule has 0 heterocycles. The highest BCUT2D eigenvalue weighted by atomic mass is 16.6. The topological polar surface area (TPSA) is 120 Å². The highest BCUT2D eigenvalue weighted by Gasteiger charge is 2.21. The minimum atomic E-state index is -0.790. The predicted molar refractivity (Wildman–Crippen MR) is 131 cm³/mol. The summed E-state index contributed by atoms with van der Waals surface area (Å²) < 4.78 is 14.8. The molecule has 0 fully saturated rings. The number of alkyl carbamates (subject to hydrolysis) is 1. The van der Waals surface area contributed by atoms with Gasteiger partial charge in [-0.2, -0.15) is 0 Å². The van der Waals surface area contributed by atoms with Crippen molar-refractivity contribution in [1.29, 1.82) is 0 Å². The molecular weight excluding hydrogens is 452 g/mol. The van der Waals surface area contributed by atoms with Gasteiger partial charge in [0, 0.05) is 25.1 Å². The molecule has 2 aromatic rings. The predicted octanol–water partition coefficient (Wildman–Crippen LogP) is 4.35. The Bertz CT molecular complexity index is 985. The average molecular weight is 487 g/mol. The molecule has 0 aliphatic heterocycles. The van der Waals surface area contributed by atoms with Crippen molar-refractivity contribution in [2.45, 2.75) is 66.4 Å². The summed E-state index contributed by atoms with van der Waals surface area (Å²) in [4.78, 5) is 45.2. The summed E-state index contributed by atoms with van der Waals surface area (Å²) >= 11 is 0. The number of para-hydroxylation sites is 1. The lowest BCUT2D eigenvalue weighted by Crippen LogP contribution is -2.44. The minimum absolute atomic E-state index is 0.0552. The van der Waals surface area contributed by atoms with E-state index in [0.717, 1.165) is 5.56 Å². The summed E-state index contributed by atoms with van der Waals surface area (Å²) in [6, 6.07) is 15.8. The lowest BCUT2D eigenvalue weighted by Gasteiger charge is -2.22. The summed E-state index contributed by atoms with van der Waals surface area (Å²) in [7, 11) is 0.